The van der Waals surface area contributed by atoms with Crippen molar-refractivity contribution < 1.29 is 22.7 Å². The number of ether oxygens (including phenoxy) is 1. The zero-order chi connectivity index (χ0) is 23.2. The Labute approximate surface area is 207 Å². The number of hydrogen-bond acceptors (Lipinski definition) is 4. The van der Waals surface area contributed by atoms with Gasteiger partial charge in [0, 0.05) is 52.4 Å². The van der Waals surface area contributed by atoms with Crippen molar-refractivity contribution in [2.75, 3.05) is 52.9 Å². The zero-order valence-corrected chi connectivity index (χ0v) is 22.2. The fraction of sp³-hybridized carbons (Fsp3) is 0.905. The molecule has 2 aliphatic heterocycles. The van der Waals surface area contributed by atoms with E-state index in [1.54, 1.807) is 11.9 Å². The molecule has 2 aliphatic rings. The number of aliphatic imine (C=N–C) groups is 1. The van der Waals surface area contributed by atoms with Gasteiger partial charge in [-0.25, -0.2) is 4.79 Å². The maximum Gasteiger partial charge on any atom is 0.410 e. The van der Waals surface area contributed by atoms with Crippen LogP contribution in [-0.2, 0) is 4.74 Å². The smallest absolute Gasteiger partial charge is 0.410 e. The van der Waals surface area contributed by atoms with Crippen LogP contribution in [0.4, 0.5) is 18.0 Å². The number of carbonyl (C=O) groups excluding carboxylic acids is 1. The van der Waals surface area contributed by atoms with Crippen LogP contribution in [0.3, 0.4) is 0 Å². The molecule has 2 rings (SSSR count). The summed E-state index contributed by atoms with van der Waals surface area (Å²) in [7, 11) is 1.71. The molecule has 1 N–H and O–H groups in total. The third-order valence-corrected chi connectivity index (χ3v) is 5.65. The molecular formula is C21H39F3IN5O2. The predicted molar refractivity (Wildman–Crippen MR) is 131 cm³/mol. The fourth-order valence-corrected chi connectivity index (χ4v) is 4.13. The highest BCUT2D eigenvalue weighted by atomic mass is 127. The molecule has 0 aromatic rings. The van der Waals surface area contributed by atoms with Gasteiger partial charge >= 0.3 is 12.3 Å². The van der Waals surface area contributed by atoms with Crippen LogP contribution >= 0.6 is 24.0 Å². The van der Waals surface area contributed by atoms with Crippen LogP contribution in [0.25, 0.3) is 0 Å². The van der Waals surface area contributed by atoms with Gasteiger partial charge in [-0.05, 0) is 52.9 Å². The Balaban J connectivity index is 0.00000512. The number of halogens is 4. The molecular weight excluding hydrogens is 538 g/mol. The van der Waals surface area contributed by atoms with Crippen molar-refractivity contribution in [1.29, 1.82) is 0 Å². The van der Waals surface area contributed by atoms with E-state index in [1.165, 1.54) is 4.90 Å². The minimum absolute atomic E-state index is 0. The summed E-state index contributed by atoms with van der Waals surface area (Å²) in [6.07, 6.45) is -1.92. The summed E-state index contributed by atoms with van der Waals surface area (Å²) in [6.45, 7) is 10.4. The summed E-state index contributed by atoms with van der Waals surface area (Å²) in [5, 5.41) is 3.34. The zero-order valence-electron chi connectivity index (χ0n) is 19.9. The fourth-order valence-electron chi connectivity index (χ4n) is 4.13. The van der Waals surface area contributed by atoms with Crippen molar-refractivity contribution >= 4 is 36.0 Å². The number of guanidine groups is 1. The number of alkyl halides is 3. The number of carbonyl (C=O) groups is 1. The van der Waals surface area contributed by atoms with Crippen LogP contribution < -0.4 is 5.32 Å². The van der Waals surface area contributed by atoms with Gasteiger partial charge < -0.3 is 19.9 Å². The van der Waals surface area contributed by atoms with Crippen molar-refractivity contribution in [3.8, 4) is 0 Å². The highest BCUT2D eigenvalue weighted by molar-refractivity contribution is 14.0. The first kappa shape index (κ1) is 29.1. The van der Waals surface area contributed by atoms with Crippen LogP contribution in [0, 0.1) is 5.92 Å². The second-order valence-corrected chi connectivity index (χ2v) is 9.48. The van der Waals surface area contributed by atoms with Gasteiger partial charge in [0.1, 0.15) is 5.60 Å². The van der Waals surface area contributed by atoms with E-state index in [0.29, 0.717) is 38.5 Å². The number of rotatable bonds is 5. The van der Waals surface area contributed by atoms with Crippen LogP contribution in [0.15, 0.2) is 4.99 Å². The predicted octanol–water partition coefficient (Wildman–Crippen LogP) is 3.79. The molecule has 2 heterocycles. The lowest BCUT2D eigenvalue weighted by atomic mass is 9.96. The number of hydrogen-bond donors (Lipinski definition) is 1. The third kappa shape index (κ3) is 9.88. The normalized spacial score (nSPS) is 21.3. The number of amides is 1. The van der Waals surface area contributed by atoms with Crippen molar-refractivity contribution in [2.24, 2.45) is 10.9 Å². The lowest BCUT2D eigenvalue weighted by molar-refractivity contribution is -0.143. The first-order valence-electron chi connectivity index (χ1n) is 11.2. The van der Waals surface area contributed by atoms with Gasteiger partial charge in [0.15, 0.2) is 5.96 Å². The second kappa shape index (κ2) is 12.5. The lowest BCUT2D eigenvalue weighted by Gasteiger charge is -2.37. The van der Waals surface area contributed by atoms with E-state index in [4.69, 9.17) is 4.74 Å². The summed E-state index contributed by atoms with van der Waals surface area (Å²) < 4.78 is 43.3. The standard InChI is InChI=1S/C21H38F3N5O2.HI/c1-6-28(19(30)31-20(2,3)4)13-16-7-11-29(12-8-16)18(25-5)26-17-9-10-27(14-17)15-21(22,23)24;/h16-17H,6-15H2,1-5H3,(H,25,26);1H. The maximum atomic E-state index is 12.6. The third-order valence-electron chi connectivity index (χ3n) is 5.65. The second-order valence-electron chi connectivity index (χ2n) is 9.48. The van der Waals surface area contributed by atoms with Crippen molar-refractivity contribution in [2.45, 2.75) is 64.8 Å². The van der Waals surface area contributed by atoms with E-state index in [2.05, 4.69) is 15.2 Å². The van der Waals surface area contributed by atoms with Gasteiger partial charge in [-0.2, -0.15) is 13.2 Å². The van der Waals surface area contributed by atoms with Gasteiger partial charge in [-0.15, -0.1) is 24.0 Å². The SMILES string of the molecule is CCN(CC1CCN(C(=NC)NC2CCN(CC(F)(F)F)C2)CC1)C(=O)OC(C)(C)C.I. The highest BCUT2D eigenvalue weighted by Gasteiger charge is 2.35. The van der Waals surface area contributed by atoms with Crippen molar-refractivity contribution in [3.63, 3.8) is 0 Å². The molecule has 188 valence electrons. The average Bonchev–Trinajstić information content (AvgIpc) is 3.08. The molecule has 0 saturated carbocycles. The molecule has 0 aliphatic carbocycles. The molecule has 0 aromatic carbocycles. The van der Waals surface area contributed by atoms with Gasteiger partial charge in [-0.1, -0.05) is 0 Å². The molecule has 2 saturated heterocycles. The monoisotopic (exact) mass is 577 g/mol. The molecule has 7 nitrogen and oxygen atoms in total. The van der Waals surface area contributed by atoms with Gasteiger partial charge in [0.05, 0.1) is 6.54 Å². The maximum absolute atomic E-state index is 12.6. The minimum Gasteiger partial charge on any atom is -0.444 e. The highest BCUT2D eigenvalue weighted by Crippen LogP contribution is 2.22. The number of likely N-dealkylation sites (tertiary alicyclic amines) is 2. The Kier molecular flexibility index (Phi) is 11.3. The van der Waals surface area contributed by atoms with Crippen LogP contribution in [0.5, 0.6) is 0 Å². The summed E-state index contributed by atoms with van der Waals surface area (Å²) in [5.74, 6) is 1.13. The van der Waals surface area contributed by atoms with Gasteiger partial charge in [0.2, 0.25) is 0 Å². The van der Waals surface area contributed by atoms with E-state index in [9.17, 15) is 18.0 Å². The number of nitrogens with one attached hydrogen (secondary N) is 1. The topological polar surface area (TPSA) is 60.4 Å². The minimum atomic E-state index is -4.16. The summed E-state index contributed by atoms with van der Waals surface area (Å²) >= 11 is 0. The molecule has 11 heteroatoms. The lowest BCUT2D eigenvalue weighted by Crippen LogP contribution is -2.50. The van der Waals surface area contributed by atoms with E-state index >= 15 is 0 Å². The van der Waals surface area contributed by atoms with Crippen molar-refractivity contribution in [3.05, 3.63) is 0 Å². The molecule has 1 atom stereocenters. The van der Waals surface area contributed by atoms with E-state index in [1.807, 2.05) is 27.7 Å². The average molecular weight is 577 g/mol. The number of nitrogens with zero attached hydrogens (tertiary/aromatic N) is 4. The molecule has 1 amide bonds. The van der Waals surface area contributed by atoms with Crippen LogP contribution in [-0.4, -0.2) is 97.4 Å². The quantitative estimate of drug-likeness (QED) is 0.306. The van der Waals surface area contributed by atoms with E-state index in [0.717, 1.165) is 31.9 Å². The number of piperidine rings is 1. The largest absolute Gasteiger partial charge is 0.444 e. The summed E-state index contributed by atoms with van der Waals surface area (Å²) in [4.78, 5) is 22.1. The van der Waals surface area contributed by atoms with E-state index in [-0.39, 0.29) is 36.1 Å². The summed E-state index contributed by atoms with van der Waals surface area (Å²) in [6, 6.07) is -0.0264. The molecule has 1 unspecified atom stereocenters. The molecule has 0 spiro atoms. The molecule has 0 aromatic heterocycles. The molecule has 0 radical (unpaired) electrons. The Morgan fingerprint density at radius 1 is 1.16 bits per heavy atom. The van der Waals surface area contributed by atoms with E-state index < -0.39 is 18.3 Å². The van der Waals surface area contributed by atoms with Crippen LogP contribution in [0.2, 0.25) is 0 Å². The Hall–Kier alpha value is -0.980. The van der Waals surface area contributed by atoms with Crippen molar-refractivity contribution in [1.82, 2.24) is 20.0 Å². The van der Waals surface area contributed by atoms with Gasteiger partial charge in [-0.3, -0.25) is 9.89 Å². The Bertz CT molecular complexity index is 620. The Morgan fingerprint density at radius 3 is 2.28 bits per heavy atom. The summed E-state index contributed by atoms with van der Waals surface area (Å²) in [5.41, 5.74) is -0.512. The molecule has 0 bridgehead atoms. The molecule has 32 heavy (non-hydrogen) atoms. The Morgan fingerprint density at radius 2 is 1.78 bits per heavy atom. The van der Waals surface area contributed by atoms with Crippen LogP contribution in [0.1, 0.15) is 47.0 Å². The first-order chi connectivity index (χ1) is 14.4. The van der Waals surface area contributed by atoms with Gasteiger partial charge in [0.25, 0.3) is 0 Å². The first-order valence-corrected chi connectivity index (χ1v) is 11.2. The molecule has 2 fully saturated rings.